The third kappa shape index (κ3) is 2.63. The summed E-state index contributed by atoms with van der Waals surface area (Å²) in [4.78, 5) is 35.2. The first kappa shape index (κ1) is 17.9. The van der Waals surface area contributed by atoms with Crippen molar-refractivity contribution in [3.05, 3.63) is 72.4 Å². The molecule has 31 heavy (non-hydrogen) atoms. The quantitative estimate of drug-likeness (QED) is 0.522. The predicted molar refractivity (Wildman–Crippen MR) is 116 cm³/mol. The highest BCUT2D eigenvalue weighted by Crippen LogP contribution is 2.45. The molecule has 2 aliphatic heterocycles. The van der Waals surface area contributed by atoms with E-state index in [0.29, 0.717) is 37.2 Å². The smallest absolute Gasteiger partial charge is 0.270 e. The number of hydrogen-bond donors (Lipinski definition) is 2. The van der Waals surface area contributed by atoms with E-state index in [1.807, 2.05) is 41.3 Å². The number of nitrogens with one attached hydrogen (secondary N) is 2. The molecule has 0 saturated carbocycles. The molecule has 3 aromatic heterocycles. The molecule has 2 N–H and O–H groups in total. The number of aromatic nitrogens is 2. The van der Waals surface area contributed by atoms with Crippen LogP contribution in [0.15, 0.2) is 65.5 Å². The largest absolute Gasteiger partial charge is 0.462 e. The molecule has 1 fully saturated rings. The van der Waals surface area contributed by atoms with Crippen molar-refractivity contribution in [1.29, 1.82) is 0 Å². The van der Waals surface area contributed by atoms with Crippen molar-refractivity contribution in [2.45, 2.75) is 18.3 Å². The Kier molecular flexibility index (Phi) is 3.80. The van der Waals surface area contributed by atoms with E-state index in [0.717, 1.165) is 27.9 Å². The van der Waals surface area contributed by atoms with Crippen LogP contribution < -0.4 is 5.32 Å². The van der Waals surface area contributed by atoms with Gasteiger partial charge in [0.05, 0.1) is 10.9 Å². The SMILES string of the molecule is O=C(c1cc2occ(-c3cccnc3)c2[nH]1)N1CCC2(CC1)C(=O)Nc1ccccc12. The normalized spacial score (nSPS) is 17.2. The number of likely N-dealkylation sites (tertiary alicyclic amines) is 1. The molecular formula is C24H20N4O3. The molecule has 4 aromatic rings. The fourth-order valence-corrected chi connectivity index (χ4v) is 4.89. The molecule has 1 aromatic carbocycles. The third-order valence-corrected chi connectivity index (χ3v) is 6.59. The molecule has 2 amide bonds. The minimum Gasteiger partial charge on any atom is -0.462 e. The Balaban J connectivity index is 1.25. The molecular weight excluding hydrogens is 392 g/mol. The van der Waals surface area contributed by atoms with Crippen LogP contribution in [-0.2, 0) is 10.2 Å². The molecule has 0 bridgehead atoms. The molecule has 5 heterocycles. The van der Waals surface area contributed by atoms with E-state index < -0.39 is 5.41 Å². The molecule has 0 unspecified atom stereocenters. The lowest BCUT2D eigenvalue weighted by Crippen LogP contribution is -2.48. The summed E-state index contributed by atoms with van der Waals surface area (Å²) in [5.74, 6) is -0.0376. The van der Waals surface area contributed by atoms with Gasteiger partial charge in [-0.15, -0.1) is 0 Å². The molecule has 7 heteroatoms. The zero-order valence-electron chi connectivity index (χ0n) is 16.7. The van der Waals surface area contributed by atoms with E-state index in [9.17, 15) is 9.59 Å². The highest BCUT2D eigenvalue weighted by Gasteiger charge is 2.48. The Labute approximate surface area is 178 Å². The number of pyridine rings is 1. The van der Waals surface area contributed by atoms with Gasteiger partial charge < -0.3 is 19.6 Å². The lowest BCUT2D eigenvalue weighted by molar-refractivity contribution is -0.122. The summed E-state index contributed by atoms with van der Waals surface area (Å²) in [5.41, 5.74) is 5.11. The summed E-state index contributed by atoms with van der Waals surface area (Å²) in [6, 6.07) is 13.4. The van der Waals surface area contributed by atoms with E-state index >= 15 is 0 Å². The first-order valence-electron chi connectivity index (χ1n) is 10.4. The second kappa shape index (κ2) is 6.57. The van der Waals surface area contributed by atoms with E-state index in [1.54, 1.807) is 24.7 Å². The maximum atomic E-state index is 13.2. The number of fused-ring (bicyclic) bond motifs is 3. The number of carbonyl (C=O) groups is 2. The number of furan rings is 1. The Morgan fingerprint density at radius 3 is 2.77 bits per heavy atom. The van der Waals surface area contributed by atoms with Crippen LogP contribution in [0.4, 0.5) is 5.69 Å². The van der Waals surface area contributed by atoms with Gasteiger partial charge in [-0.3, -0.25) is 14.6 Å². The Bertz CT molecular complexity index is 1310. The first-order valence-corrected chi connectivity index (χ1v) is 10.4. The Hall–Kier alpha value is -3.87. The van der Waals surface area contributed by atoms with Gasteiger partial charge in [0.1, 0.15) is 12.0 Å². The lowest BCUT2D eigenvalue weighted by atomic mass is 9.73. The van der Waals surface area contributed by atoms with Gasteiger partial charge in [0.15, 0.2) is 5.58 Å². The summed E-state index contributed by atoms with van der Waals surface area (Å²) in [6.45, 7) is 1.05. The molecule has 1 spiro atoms. The zero-order valence-corrected chi connectivity index (χ0v) is 16.7. The molecule has 7 nitrogen and oxygen atoms in total. The number of nitrogens with zero attached hydrogens (tertiary/aromatic N) is 2. The van der Waals surface area contributed by atoms with Crippen LogP contribution in [0.1, 0.15) is 28.9 Å². The molecule has 1 saturated heterocycles. The van der Waals surface area contributed by atoms with Crippen molar-refractivity contribution in [2.75, 3.05) is 18.4 Å². The van der Waals surface area contributed by atoms with Gasteiger partial charge in [0.2, 0.25) is 5.91 Å². The average Bonchev–Trinajstić information content (AvgIpc) is 3.47. The molecule has 6 rings (SSSR count). The van der Waals surface area contributed by atoms with Crippen LogP contribution in [0.3, 0.4) is 0 Å². The summed E-state index contributed by atoms with van der Waals surface area (Å²) in [7, 11) is 0. The van der Waals surface area contributed by atoms with Crippen molar-refractivity contribution in [2.24, 2.45) is 0 Å². The number of piperidine rings is 1. The highest BCUT2D eigenvalue weighted by atomic mass is 16.3. The monoisotopic (exact) mass is 412 g/mol. The minimum absolute atomic E-state index is 0.0410. The topological polar surface area (TPSA) is 91.2 Å². The number of anilines is 1. The summed E-state index contributed by atoms with van der Waals surface area (Å²) < 4.78 is 5.67. The van der Waals surface area contributed by atoms with Crippen LogP contribution in [0.25, 0.3) is 22.2 Å². The van der Waals surface area contributed by atoms with Crippen molar-refractivity contribution in [3.63, 3.8) is 0 Å². The fraction of sp³-hybridized carbons (Fsp3) is 0.208. The number of para-hydroxylation sites is 1. The number of carbonyl (C=O) groups excluding carboxylic acids is 2. The second-order valence-electron chi connectivity index (χ2n) is 8.19. The van der Waals surface area contributed by atoms with Gasteiger partial charge in [-0.2, -0.15) is 0 Å². The van der Waals surface area contributed by atoms with Gasteiger partial charge in [-0.1, -0.05) is 24.3 Å². The van der Waals surface area contributed by atoms with E-state index in [-0.39, 0.29) is 11.8 Å². The highest BCUT2D eigenvalue weighted by molar-refractivity contribution is 6.06. The summed E-state index contributed by atoms with van der Waals surface area (Å²) >= 11 is 0. The summed E-state index contributed by atoms with van der Waals surface area (Å²) in [5, 5.41) is 3.00. The van der Waals surface area contributed by atoms with Gasteiger partial charge in [0.25, 0.3) is 5.91 Å². The lowest BCUT2D eigenvalue weighted by Gasteiger charge is -2.37. The number of rotatable bonds is 2. The summed E-state index contributed by atoms with van der Waals surface area (Å²) in [6.07, 6.45) is 6.38. The average molecular weight is 412 g/mol. The molecule has 0 aliphatic carbocycles. The molecule has 0 radical (unpaired) electrons. The third-order valence-electron chi connectivity index (χ3n) is 6.59. The van der Waals surface area contributed by atoms with Gasteiger partial charge >= 0.3 is 0 Å². The first-order chi connectivity index (χ1) is 15.2. The number of H-pyrrole nitrogens is 1. The van der Waals surface area contributed by atoms with E-state index in [4.69, 9.17) is 4.42 Å². The van der Waals surface area contributed by atoms with E-state index in [2.05, 4.69) is 15.3 Å². The van der Waals surface area contributed by atoms with Crippen molar-refractivity contribution in [1.82, 2.24) is 14.9 Å². The van der Waals surface area contributed by atoms with Crippen LogP contribution >= 0.6 is 0 Å². The number of benzene rings is 1. The standard InChI is InChI=1S/C24H20N4O3/c29-22(19-12-20-21(26-19)16(14-31-20)15-4-3-9-25-13-15)28-10-7-24(8-11-28)17-5-1-2-6-18(17)27-23(24)30/h1-6,9,12-14,26H,7-8,10-11H2,(H,27,30). The number of amides is 2. The van der Waals surface area contributed by atoms with Crippen LogP contribution in [0.5, 0.6) is 0 Å². The second-order valence-corrected chi connectivity index (χ2v) is 8.19. The number of hydrogen-bond acceptors (Lipinski definition) is 4. The maximum Gasteiger partial charge on any atom is 0.270 e. The van der Waals surface area contributed by atoms with Gasteiger partial charge in [0, 0.05) is 48.4 Å². The van der Waals surface area contributed by atoms with Crippen molar-refractivity contribution in [3.8, 4) is 11.1 Å². The maximum absolute atomic E-state index is 13.2. The molecule has 0 atom stereocenters. The van der Waals surface area contributed by atoms with Crippen molar-refractivity contribution < 1.29 is 14.0 Å². The zero-order chi connectivity index (χ0) is 21.0. The van der Waals surface area contributed by atoms with E-state index in [1.165, 1.54) is 0 Å². The Morgan fingerprint density at radius 2 is 1.97 bits per heavy atom. The van der Waals surface area contributed by atoms with Crippen LogP contribution in [0, 0.1) is 0 Å². The van der Waals surface area contributed by atoms with Gasteiger partial charge in [-0.05, 0) is 30.5 Å². The molecule has 154 valence electrons. The van der Waals surface area contributed by atoms with Crippen molar-refractivity contribution >= 4 is 28.6 Å². The number of aromatic amines is 1. The Morgan fingerprint density at radius 1 is 1.13 bits per heavy atom. The predicted octanol–water partition coefficient (Wildman–Crippen LogP) is 3.95. The molecule has 2 aliphatic rings. The van der Waals surface area contributed by atoms with Crippen LogP contribution in [0.2, 0.25) is 0 Å². The fourth-order valence-electron chi connectivity index (χ4n) is 4.89. The van der Waals surface area contributed by atoms with Crippen LogP contribution in [-0.4, -0.2) is 39.8 Å². The minimum atomic E-state index is -0.538. The van der Waals surface area contributed by atoms with Gasteiger partial charge in [-0.25, -0.2) is 0 Å².